The number of piperidine rings is 1. The van der Waals surface area contributed by atoms with Crippen molar-refractivity contribution in [2.24, 2.45) is 5.92 Å². The molecule has 1 aliphatic rings. The summed E-state index contributed by atoms with van der Waals surface area (Å²) in [6.45, 7) is 5.50. The Labute approximate surface area is 181 Å². The molecule has 0 unspecified atom stereocenters. The van der Waals surface area contributed by atoms with E-state index in [4.69, 9.17) is 5.26 Å². The van der Waals surface area contributed by atoms with Crippen molar-refractivity contribution in [1.29, 1.82) is 5.26 Å². The summed E-state index contributed by atoms with van der Waals surface area (Å²) in [5.41, 5.74) is 2.47. The molecule has 1 saturated heterocycles. The van der Waals surface area contributed by atoms with Crippen molar-refractivity contribution >= 4 is 22.6 Å². The SMILES string of the molecule is CC(C)Nc1cc(-n2ccc3cc(C#N)cnc32)ncc1C(=O)N1CCC(CO)CC1. The topological polar surface area (TPSA) is 107 Å². The highest BCUT2D eigenvalue weighted by atomic mass is 16.3. The first kappa shape index (κ1) is 20.8. The zero-order valence-corrected chi connectivity index (χ0v) is 17.7. The molecular formula is C23H26N6O2. The van der Waals surface area contributed by atoms with Gasteiger partial charge in [0, 0.05) is 55.8 Å². The molecular weight excluding hydrogens is 392 g/mol. The number of amides is 1. The van der Waals surface area contributed by atoms with Crippen LogP contribution >= 0.6 is 0 Å². The molecule has 3 aromatic heterocycles. The maximum Gasteiger partial charge on any atom is 0.257 e. The normalized spacial score (nSPS) is 14.7. The summed E-state index contributed by atoms with van der Waals surface area (Å²) in [7, 11) is 0. The van der Waals surface area contributed by atoms with Crippen molar-refractivity contribution in [3.05, 3.63) is 47.9 Å². The Hall–Kier alpha value is -3.44. The van der Waals surface area contributed by atoms with Crippen LogP contribution in [0.4, 0.5) is 5.69 Å². The summed E-state index contributed by atoms with van der Waals surface area (Å²) < 4.78 is 1.85. The van der Waals surface area contributed by atoms with Crippen molar-refractivity contribution in [2.45, 2.75) is 32.7 Å². The van der Waals surface area contributed by atoms with Gasteiger partial charge in [0.2, 0.25) is 0 Å². The van der Waals surface area contributed by atoms with Gasteiger partial charge in [0.25, 0.3) is 5.91 Å². The molecule has 3 aromatic rings. The molecule has 4 heterocycles. The maximum absolute atomic E-state index is 13.2. The Morgan fingerprint density at radius 3 is 2.74 bits per heavy atom. The fraction of sp³-hybridized carbons (Fsp3) is 0.391. The molecule has 0 spiro atoms. The molecule has 2 N–H and O–H groups in total. The van der Waals surface area contributed by atoms with E-state index in [0.29, 0.717) is 35.7 Å². The first-order valence-electron chi connectivity index (χ1n) is 10.5. The smallest absolute Gasteiger partial charge is 0.257 e. The highest BCUT2D eigenvalue weighted by molar-refractivity contribution is 5.99. The van der Waals surface area contributed by atoms with Crippen LogP contribution in [0, 0.1) is 17.2 Å². The molecule has 8 nitrogen and oxygen atoms in total. The summed E-state index contributed by atoms with van der Waals surface area (Å²) in [6, 6.07) is 7.79. The summed E-state index contributed by atoms with van der Waals surface area (Å²) in [5, 5.41) is 22.7. The summed E-state index contributed by atoms with van der Waals surface area (Å²) in [4.78, 5) is 24.0. The van der Waals surface area contributed by atoms with Gasteiger partial charge >= 0.3 is 0 Å². The van der Waals surface area contributed by atoms with Gasteiger partial charge < -0.3 is 15.3 Å². The molecule has 0 aliphatic carbocycles. The minimum absolute atomic E-state index is 0.0484. The average molecular weight is 419 g/mol. The molecule has 160 valence electrons. The number of nitriles is 1. The third-order valence-corrected chi connectivity index (χ3v) is 5.63. The number of pyridine rings is 2. The number of rotatable bonds is 5. The van der Waals surface area contributed by atoms with E-state index in [9.17, 15) is 9.90 Å². The number of aromatic nitrogens is 3. The van der Waals surface area contributed by atoms with E-state index in [1.165, 1.54) is 0 Å². The fourth-order valence-corrected chi connectivity index (χ4v) is 3.94. The standard InChI is InChI=1S/C23H26N6O2/c1-15(2)27-20-10-21(29-8-5-18-9-17(11-24)12-26-22(18)29)25-13-19(20)23(31)28-6-3-16(14-30)4-7-28/h5,8-10,12-13,15-16,30H,3-4,6-7,14H2,1-2H3,(H,25,27). The van der Waals surface area contributed by atoms with Crippen LogP contribution in [0.25, 0.3) is 16.9 Å². The molecule has 4 rings (SSSR count). The number of hydrogen-bond donors (Lipinski definition) is 2. The summed E-state index contributed by atoms with van der Waals surface area (Å²) >= 11 is 0. The lowest BCUT2D eigenvalue weighted by Crippen LogP contribution is -2.39. The van der Waals surface area contributed by atoms with E-state index in [-0.39, 0.29) is 24.5 Å². The number of hydrogen-bond acceptors (Lipinski definition) is 6. The van der Waals surface area contributed by atoms with E-state index in [1.807, 2.05) is 41.6 Å². The van der Waals surface area contributed by atoms with Crippen molar-refractivity contribution in [3.8, 4) is 11.9 Å². The van der Waals surface area contributed by atoms with E-state index in [0.717, 1.165) is 23.9 Å². The van der Waals surface area contributed by atoms with E-state index >= 15 is 0 Å². The first-order chi connectivity index (χ1) is 15.0. The average Bonchev–Trinajstić information content (AvgIpc) is 3.21. The first-order valence-corrected chi connectivity index (χ1v) is 10.5. The fourth-order valence-electron chi connectivity index (χ4n) is 3.94. The van der Waals surface area contributed by atoms with Crippen LogP contribution < -0.4 is 5.32 Å². The molecule has 0 aromatic carbocycles. The highest BCUT2D eigenvalue weighted by Gasteiger charge is 2.25. The molecule has 8 heteroatoms. The Morgan fingerprint density at radius 1 is 1.29 bits per heavy atom. The molecule has 0 bridgehead atoms. The third-order valence-electron chi connectivity index (χ3n) is 5.63. The number of aliphatic hydroxyl groups excluding tert-OH is 1. The van der Waals surface area contributed by atoms with Crippen molar-refractivity contribution in [1.82, 2.24) is 19.4 Å². The lowest BCUT2D eigenvalue weighted by atomic mass is 9.97. The second-order valence-corrected chi connectivity index (χ2v) is 8.24. The number of carbonyl (C=O) groups excluding carboxylic acids is 1. The molecule has 0 radical (unpaired) electrons. The van der Waals surface area contributed by atoms with Crippen LogP contribution in [0.2, 0.25) is 0 Å². The van der Waals surface area contributed by atoms with Gasteiger partial charge in [-0.25, -0.2) is 9.97 Å². The van der Waals surface area contributed by atoms with Gasteiger partial charge in [-0.2, -0.15) is 5.26 Å². The maximum atomic E-state index is 13.2. The second kappa shape index (κ2) is 8.74. The second-order valence-electron chi connectivity index (χ2n) is 8.24. The number of carbonyl (C=O) groups is 1. The number of fused-ring (bicyclic) bond motifs is 1. The number of aliphatic hydroxyl groups is 1. The van der Waals surface area contributed by atoms with Gasteiger partial charge in [-0.15, -0.1) is 0 Å². The van der Waals surface area contributed by atoms with Crippen LogP contribution in [0.15, 0.2) is 36.8 Å². The van der Waals surface area contributed by atoms with E-state index in [2.05, 4.69) is 21.4 Å². The zero-order chi connectivity index (χ0) is 22.0. The largest absolute Gasteiger partial charge is 0.396 e. The van der Waals surface area contributed by atoms with Gasteiger partial charge in [-0.3, -0.25) is 9.36 Å². The van der Waals surface area contributed by atoms with Gasteiger partial charge in [-0.05, 0) is 44.7 Å². The lowest BCUT2D eigenvalue weighted by Gasteiger charge is -2.31. The predicted molar refractivity (Wildman–Crippen MR) is 118 cm³/mol. The molecule has 0 atom stereocenters. The van der Waals surface area contributed by atoms with Gasteiger partial charge in [0.1, 0.15) is 17.5 Å². The Balaban J connectivity index is 1.68. The monoisotopic (exact) mass is 418 g/mol. The number of likely N-dealkylation sites (tertiary alicyclic amines) is 1. The summed E-state index contributed by atoms with van der Waals surface area (Å²) in [6.07, 6.45) is 6.65. The van der Waals surface area contributed by atoms with Crippen LogP contribution in [0.1, 0.15) is 42.6 Å². The van der Waals surface area contributed by atoms with Crippen LogP contribution in [-0.4, -0.2) is 56.2 Å². The van der Waals surface area contributed by atoms with Crippen LogP contribution in [0.5, 0.6) is 0 Å². The minimum Gasteiger partial charge on any atom is -0.396 e. The van der Waals surface area contributed by atoms with Crippen molar-refractivity contribution in [3.63, 3.8) is 0 Å². The van der Waals surface area contributed by atoms with Gasteiger partial charge in [0.05, 0.1) is 16.8 Å². The van der Waals surface area contributed by atoms with Gasteiger partial charge in [-0.1, -0.05) is 0 Å². The third kappa shape index (κ3) is 4.23. The molecule has 31 heavy (non-hydrogen) atoms. The highest BCUT2D eigenvalue weighted by Crippen LogP contribution is 2.26. The molecule has 1 fully saturated rings. The molecule has 1 aliphatic heterocycles. The van der Waals surface area contributed by atoms with E-state index in [1.54, 1.807) is 18.5 Å². The quantitative estimate of drug-likeness (QED) is 0.660. The summed E-state index contributed by atoms with van der Waals surface area (Å²) in [5.74, 6) is 0.868. The predicted octanol–water partition coefficient (Wildman–Crippen LogP) is 2.96. The Bertz CT molecular complexity index is 1140. The minimum atomic E-state index is -0.0484. The Kier molecular flexibility index (Phi) is 5.87. The van der Waals surface area contributed by atoms with Crippen molar-refractivity contribution < 1.29 is 9.90 Å². The Morgan fingerprint density at radius 2 is 2.06 bits per heavy atom. The number of nitrogens with one attached hydrogen (secondary N) is 1. The van der Waals surface area contributed by atoms with Crippen molar-refractivity contribution in [2.75, 3.05) is 25.0 Å². The molecule has 0 saturated carbocycles. The van der Waals surface area contributed by atoms with E-state index < -0.39 is 0 Å². The zero-order valence-electron chi connectivity index (χ0n) is 17.7. The van der Waals surface area contributed by atoms with Gasteiger partial charge in [0.15, 0.2) is 0 Å². The number of anilines is 1. The number of nitrogens with zero attached hydrogens (tertiary/aromatic N) is 5. The van der Waals surface area contributed by atoms with Crippen LogP contribution in [0.3, 0.4) is 0 Å². The lowest BCUT2D eigenvalue weighted by molar-refractivity contribution is 0.0651. The van der Waals surface area contributed by atoms with Crippen LogP contribution in [-0.2, 0) is 0 Å². The molecule has 1 amide bonds.